The molecule has 0 saturated carbocycles. The lowest BCUT2D eigenvalue weighted by Gasteiger charge is -2.16. The molecule has 5 heteroatoms. The van der Waals surface area contributed by atoms with Crippen LogP contribution >= 0.6 is 11.6 Å². The largest absolute Gasteiger partial charge is 0.310 e. The first-order valence-electron chi connectivity index (χ1n) is 5.25. The first-order chi connectivity index (χ1) is 8.11. The van der Waals surface area contributed by atoms with E-state index in [1.807, 2.05) is 19.1 Å². The van der Waals surface area contributed by atoms with Crippen LogP contribution in [-0.2, 0) is 9.59 Å². The molecular weight excluding hydrogens is 240 g/mol. The van der Waals surface area contributed by atoms with Crippen molar-refractivity contribution in [2.24, 2.45) is 4.99 Å². The molecule has 0 spiro atoms. The topological polar surface area (TPSA) is 49.7 Å². The molecular formula is C12H11ClN2O2. The van der Waals surface area contributed by atoms with Crippen molar-refractivity contribution in [3.63, 3.8) is 0 Å². The van der Waals surface area contributed by atoms with Crippen molar-refractivity contribution in [2.45, 2.75) is 19.4 Å². The molecule has 88 valence electrons. The predicted octanol–water partition coefficient (Wildman–Crippen LogP) is 2.09. The van der Waals surface area contributed by atoms with Crippen LogP contribution in [0, 0.1) is 6.92 Å². The normalized spacial score (nSPS) is 19.3. The summed E-state index contributed by atoms with van der Waals surface area (Å²) >= 11 is 6.01. The second-order valence-corrected chi connectivity index (χ2v) is 4.42. The first kappa shape index (κ1) is 11.8. The fraction of sp³-hybridized carbons (Fsp3) is 0.333. The molecule has 1 amide bonds. The van der Waals surface area contributed by atoms with E-state index < -0.39 is 0 Å². The number of aryl methyl sites for hydroxylation is 1. The second-order valence-electron chi connectivity index (χ2n) is 4.02. The van der Waals surface area contributed by atoms with E-state index in [-0.39, 0.29) is 18.4 Å². The van der Waals surface area contributed by atoms with Crippen molar-refractivity contribution in [3.05, 3.63) is 28.8 Å². The molecule has 1 fully saturated rings. The number of aliphatic imine (C=N–C) groups is 1. The third-order valence-corrected chi connectivity index (χ3v) is 3.21. The molecule has 1 aromatic carbocycles. The van der Waals surface area contributed by atoms with Gasteiger partial charge < -0.3 is 4.90 Å². The van der Waals surface area contributed by atoms with Gasteiger partial charge in [0.2, 0.25) is 12.0 Å². The molecule has 1 heterocycles. The van der Waals surface area contributed by atoms with E-state index in [1.165, 1.54) is 6.08 Å². The van der Waals surface area contributed by atoms with E-state index in [2.05, 4.69) is 4.99 Å². The quantitative estimate of drug-likeness (QED) is 0.596. The maximum atomic E-state index is 11.7. The van der Waals surface area contributed by atoms with Crippen LogP contribution in [-0.4, -0.2) is 24.6 Å². The summed E-state index contributed by atoms with van der Waals surface area (Å²) in [6.45, 7) is 2.31. The summed E-state index contributed by atoms with van der Waals surface area (Å²) in [5.74, 6) is -0.0473. The Morgan fingerprint density at radius 2 is 2.29 bits per heavy atom. The lowest BCUT2D eigenvalue weighted by Crippen LogP contribution is -2.24. The van der Waals surface area contributed by atoms with Gasteiger partial charge in [-0.25, -0.2) is 9.79 Å². The van der Waals surface area contributed by atoms with Crippen molar-refractivity contribution in [1.82, 2.24) is 0 Å². The van der Waals surface area contributed by atoms with E-state index in [1.54, 1.807) is 11.0 Å². The molecule has 1 unspecified atom stereocenters. The Morgan fingerprint density at radius 1 is 1.53 bits per heavy atom. The van der Waals surface area contributed by atoms with Gasteiger partial charge in [0.15, 0.2) is 0 Å². The van der Waals surface area contributed by atoms with Gasteiger partial charge in [-0.1, -0.05) is 17.7 Å². The van der Waals surface area contributed by atoms with Crippen molar-refractivity contribution in [3.8, 4) is 0 Å². The van der Waals surface area contributed by atoms with Crippen molar-refractivity contribution >= 4 is 29.3 Å². The molecule has 1 saturated heterocycles. The zero-order valence-corrected chi connectivity index (χ0v) is 10.1. The Bertz CT molecular complexity index is 509. The van der Waals surface area contributed by atoms with Gasteiger partial charge in [-0.2, -0.15) is 0 Å². The smallest absolute Gasteiger partial charge is 0.235 e. The van der Waals surface area contributed by atoms with Crippen LogP contribution < -0.4 is 4.90 Å². The number of isocyanates is 1. The average Bonchev–Trinajstić information content (AvgIpc) is 2.64. The van der Waals surface area contributed by atoms with Crippen molar-refractivity contribution in [1.29, 1.82) is 0 Å². The number of benzene rings is 1. The first-order valence-corrected chi connectivity index (χ1v) is 5.63. The molecule has 1 aromatic rings. The maximum Gasteiger partial charge on any atom is 0.235 e. The minimum Gasteiger partial charge on any atom is -0.310 e. The van der Waals surface area contributed by atoms with Gasteiger partial charge in [-0.3, -0.25) is 4.79 Å². The van der Waals surface area contributed by atoms with Crippen LogP contribution in [0.2, 0.25) is 5.02 Å². The van der Waals surface area contributed by atoms with Crippen LogP contribution in [0.4, 0.5) is 5.69 Å². The number of amides is 1. The van der Waals surface area contributed by atoms with Crippen LogP contribution in [0.3, 0.4) is 0 Å². The molecule has 17 heavy (non-hydrogen) atoms. The summed E-state index contributed by atoms with van der Waals surface area (Å²) in [7, 11) is 0. The van der Waals surface area contributed by atoms with Crippen LogP contribution in [0.5, 0.6) is 0 Å². The average molecular weight is 251 g/mol. The molecule has 0 aliphatic carbocycles. The zero-order valence-electron chi connectivity index (χ0n) is 9.31. The highest BCUT2D eigenvalue weighted by Gasteiger charge is 2.30. The van der Waals surface area contributed by atoms with Gasteiger partial charge in [-0.05, 0) is 24.6 Å². The maximum absolute atomic E-state index is 11.7. The standard InChI is InChI=1S/C12H11ClN2O2/c1-8-2-3-10(5-11(8)13)15-6-9(14-7-16)4-12(15)17/h2-3,5,9H,4,6H2,1H3. The Morgan fingerprint density at radius 3 is 2.94 bits per heavy atom. The van der Waals surface area contributed by atoms with Gasteiger partial charge in [0.1, 0.15) is 0 Å². The predicted molar refractivity (Wildman–Crippen MR) is 65.1 cm³/mol. The monoisotopic (exact) mass is 250 g/mol. The molecule has 0 N–H and O–H groups in total. The van der Waals surface area contributed by atoms with E-state index >= 15 is 0 Å². The Kier molecular flexibility index (Phi) is 3.27. The number of carbonyl (C=O) groups is 1. The van der Waals surface area contributed by atoms with Crippen LogP contribution in [0.25, 0.3) is 0 Å². The van der Waals surface area contributed by atoms with E-state index in [0.717, 1.165) is 11.3 Å². The third-order valence-electron chi connectivity index (χ3n) is 2.81. The SMILES string of the molecule is Cc1ccc(N2CC(N=C=O)CC2=O)cc1Cl. The Hall–Kier alpha value is -1.64. The highest BCUT2D eigenvalue weighted by molar-refractivity contribution is 6.31. The summed E-state index contributed by atoms with van der Waals surface area (Å²) in [4.78, 5) is 27.1. The Balaban J connectivity index is 2.25. The van der Waals surface area contributed by atoms with Gasteiger partial charge in [0, 0.05) is 17.3 Å². The summed E-state index contributed by atoms with van der Waals surface area (Å²) in [6, 6.07) is 5.16. The molecule has 0 radical (unpaired) electrons. The molecule has 1 aliphatic heterocycles. The van der Waals surface area contributed by atoms with Crippen LogP contribution in [0.1, 0.15) is 12.0 Å². The van der Waals surface area contributed by atoms with Gasteiger partial charge in [0.25, 0.3) is 0 Å². The lowest BCUT2D eigenvalue weighted by molar-refractivity contribution is -0.117. The summed E-state index contributed by atoms with van der Waals surface area (Å²) < 4.78 is 0. The van der Waals surface area contributed by atoms with Crippen LogP contribution in [0.15, 0.2) is 23.2 Å². The number of carbonyl (C=O) groups excluding carboxylic acids is 2. The highest BCUT2D eigenvalue weighted by atomic mass is 35.5. The van der Waals surface area contributed by atoms with Crippen molar-refractivity contribution in [2.75, 3.05) is 11.4 Å². The minimum atomic E-state index is -0.292. The number of hydrogen-bond donors (Lipinski definition) is 0. The van der Waals surface area contributed by atoms with E-state index in [4.69, 9.17) is 11.6 Å². The van der Waals surface area contributed by atoms with Gasteiger partial charge >= 0.3 is 0 Å². The molecule has 0 aromatic heterocycles. The Labute approximate surface area is 104 Å². The summed E-state index contributed by atoms with van der Waals surface area (Å²) in [6.07, 6.45) is 1.74. The van der Waals surface area contributed by atoms with E-state index in [0.29, 0.717) is 11.6 Å². The molecule has 0 bridgehead atoms. The minimum absolute atomic E-state index is 0.0473. The van der Waals surface area contributed by atoms with Gasteiger partial charge in [0.05, 0.1) is 12.5 Å². The fourth-order valence-electron chi connectivity index (χ4n) is 1.85. The summed E-state index contributed by atoms with van der Waals surface area (Å²) in [5.41, 5.74) is 1.71. The fourth-order valence-corrected chi connectivity index (χ4v) is 2.02. The molecule has 1 aliphatic rings. The number of anilines is 1. The van der Waals surface area contributed by atoms with Crippen molar-refractivity contribution < 1.29 is 9.59 Å². The number of rotatable bonds is 2. The van der Waals surface area contributed by atoms with E-state index in [9.17, 15) is 9.59 Å². The third kappa shape index (κ3) is 2.38. The number of nitrogens with zero attached hydrogens (tertiary/aromatic N) is 2. The molecule has 1 atom stereocenters. The molecule has 4 nitrogen and oxygen atoms in total. The zero-order chi connectivity index (χ0) is 12.4. The van der Waals surface area contributed by atoms with Gasteiger partial charge in [-0.15, -0.1) is 0 Å². The number of hydrogen-bond acceptors (Lipinski definition) is 3. The summed E-state index contributed by atoms with van der Waals surface area (Å²) in [5, 5.41) is 0.623. The highest BCUT2D eigenvalue weighted by Crippen LogP contribution is 2.27. The second kappa shape index (κ2) is 4.70. The molecule has 2 rings (SSSR count). The lowest BCUT2D eigenvalue weighted by atomic mass is 10.2. The number of halogens is 1.